The summed E-state index contributed by atoms with van der Waals surface area (Å²) in [7, 11) is 0. The highest BCUT2D eigenvalue weighted by Crippen LogP contribution is 2.35. The van der Waals surface area contributed by atoms with E-state index in [1.54, 1.807) is 12.1 Å². The number of aliphatic hydroxyl groups excluding tert-OH is 1. The van der Waals surface area contributed by atoms with Gasteiger partial charge in [0.25, 0.3) is 0 Å². The highest BCUT2D eigenvalue weighted by Gasteiger charge is 2.14. The molecule has 0 aliphatic carbocycles. The van der Waals surface area contributed by atoms with Gasteiger partial charge in [-0.1, -0.05) is 48.7 Å². The van der Waals surface area contributed by atoms with Crippen molar-refractivity contribution in [1.82, 2.24) is 0 Å². The molecule has 5 heteroatoms. The summed E-state index contributed by atoms with van der Waals surface area (Å²) >= 11 is 17.6. The maximum absolute atomic E-state index is 9.59. The quantitative estimate of drug-likeness (QED) is 0.903. The minimum Gasteiger partial charge on any atom is -0.488 e. The van der Waals surface area contributed by atoms with Crippen molar-refractivity contribution in [2.75, 3.05) is 6.61 Å². The number of halogens is 3. The molecule has 0 saturated heterocycles. The summed E-state index contributed by atoms with van der Waals surface area (Å²) < 4.78 is 5.37. The van der Waals surface area contributed by atoms with Crippen molar-refractivity contribution in [3.05, 3.63) is 27.2 Å². The maximum Gasteiger partial charge on any atom is 0.156 e. The molecule has 0 bridgehead atoms. The molecule has 0 aliphatic rings. The second-order valence-corrected chi connectivity index (χ2v) is 5.07. The van der Waals surface area contributed by atoms with Crippen LogP contribution in [-0.4, -0.2) is 17.8 Å². The van der Waals surface area contributed by atoms with E-state index >= 15 is 0 Å². The third-order valence-electron chi connectivity index (χ3n) is 2.13. The van der Waals surface area contributed by atoms with Gasteiger partial charge >= 0.3 is 0 Å². The van der Waals surface area contributed by atoms with Crippen LogP contribution in [-0.2, 0) is 0 Å². The molecule has 0 fully saturated rings. The third-order valence-corrected chi connectivity index (χ3v) is 2.91. The maximum atomic E-state index is 9.59. The Labute approximate surface area is 110 Å². The molecule has 0 heterocycles. The van der Waals surface area contributed by atoms with Crippen LogP contribution in [0.5, 0.6) is 5.75 Å². The zero-order valence-electron chi connectivity index (χ0n) is 9.01. The van der Waals surface area contributed by atoms with E-state index in [-0.39, 0.29) is 12.5 Å². The fraction of sp³-hybridized carbons (Fsp3) is 0.455. The first-order valence-electron chi connectivity index (χ1n) is 4.87. The van der Waals surface area contributed by atoms with E-state index in [1.807, 2.05) is 13.8 Å². The molecule has 16 heavy (non-hydrogen) atoms. The monoisotopic (exact) mass is 282 g/mol. The second kappa shape index (κ2) is 5.97. The summed E-state index contributed by atoms with van der Waals surface area (Å²) in [6.45, 7) is 3.96. The average molecular weight is 284 g/mol. The van der Waals surface area contributed by atoms with Crippen LogP contribution in [0.2, 0.25) is 15.1 Å². The minimum atomic E-state index is -0.553. The zero-order chi connectivity index (χ0) is 12.3. The van der Waals surface area contributed by atoms with Gasteiger partial charge in [0.2, 0.25) is 0 Å². The molecule has 0 radical (unpaired) electrons. The van der Waals surface area contributed by atoms with Gasteiger partial charge in [0.1, 0.15) is 6.61 Å². The number of rotatable bonds is 4. The predicted octanol–water partition coefficient (Wildman–Crippen LogP) is 4.04. The van der Waals surface area contributed by atoms with Gasteiger partial charge in [-0.25, -0.2) is 0 Å². The number of aliphatic hydroxyl groups is 1. The summed E-state index contributed by atoms with van der Waals surface area (Å²) in [5.74, 6) is 0.470. The standard InChI is InChI=1S/C11H13Cl3O2/c1-6(2)10(15)5-16-11-8(13)3-7(12)4-9(11)14/h3-4,6,10,15H,5H2,1-2H3. The van der Waals surface area contributed by atoms with Crippen molar-refractivity contribution in [2.24, 2.45) is 5.92 Å². The Hall–Kier alpha value is -0.150. The lowest BCUT2D eigenvalue weighted by molar-refractivity contribution is 0.0702. The van der Waals surface area contributed by atoms with Gasteiger partial charge in [0.05, 0.1) is 16.1 Å². The molecule has 2 nitrogen and oxygen atoms in total. The van der Waals surface area contributed by atoms with Gasteiger partial charge in [-0.15, -0.1) is 0 Å². The molecule has 1 rings (SSSR count). The average Bonchev–Trinajstić information content (AvgIpc) is 2.15. The van der Waals surface area contributed by atoms with Crippen molar-refractivity contribution in [2.45, 2.75) is 20.0 Å². The van der Waals surface area contributed by atoms with E-state index in [1.165, 1.54) is 0 Å². The van der Waals surface area contributed by atoms with E-state index in [4.69, 9.17) is 39.5 Å². The summed E-state index contributed by atoms with van der Waals surface area (Å²) in [5, 5.41) is 10.7. The van der Waals surface area contributed by atoms with Crippen LogP contribution in [0.4, 0.5) is 0 Å². The van der Waals surface area contributed by atoms with Gasteiger partial charge in [-0.3, -0.25) is 0 Å². The highest BCUT2D eigenvalue weighted by molar-refractivity contribution is 6.40. The van der Waals surface area contributed by atoms with Gasteiger partial charge in [-0.05, 0) is 18.1 Å². The lowest BCUT2D eigenvalue weighted by Crippen LogP contribution is -2.23. The topological polar surface area (TPSA) is 29.5 Å². The van der Waals surface area contributed by atoms with Crippen molar-refractivity contribution in [3.8, 4) is 5.75 Å². The first kappa shape index (κ1) is 13.9. The van der Waals surface area contributed by atoms with Crippen LogP contribution < -0.4 is 4.74 Å². The first-order chi connectivity index (χ1) is 7.41. The minimum absolute atomic E-state index is 0.116. The van der Waals surface area contributed by atoms with Gasteiger partial charge in [0, 0.05) is 5.02 Å². The Bertz CT molecular complexity index is 343. The van der Waals surface area contributed by atoms with Crippen LogP contribution in [0.1, 0.15) is 13.8 Å². The van der Waals surface area contributed by atoms with Crippen LogP contribution in [0.3, 0.4) is 0 Å². The number of hydrogen-bond donors (Lipinski definition) is 1. The Kier molecular flexibility index (Phi) is 5.19. The predicted molar refractivity (Wildman–Crippen MR) is 67.8 cm³/mol. The lowest BCUT2D eigenvalue weighted by Gasteiger charge is -2.16. The number of ether oxygens (including phenoxy) is 1. The van der Waals surface area contributed by atoms with E-state index in [0.717, 1.165) is 0 Å². The van der Waals surface area contributed by atoms with E-state index in [2.05, 4.69) is 0 Å². The van der Waals surface area contributed by atoms with Crippen molar-refractivity contribution in [1.29, 1.82) is 0 Å². The van der Waals surface area contributed by atoms with E-state index < -0.39 is 6.10 Å². The second-order valence-electron chi connectivity index (χ2n) is 3.82. The molecular weight excluding hydrogens is 270 g/mol. The van der Waals surface area contributed by atoms with Gasteiger partial charge in [0.15, 0.2) is 5.75 Å². The van der Waals surface area contributed by atoms with Crippen LogP contribution >= 0.6 is 34.8 Å². The summed E-state index contributed by atoms with van der Waals surface area (Å²) in [4.78, 5) is 0. The zero-order valence-corrected chi connectivity index (χ0v) is 11.3. The third kappa shape index (κ3) is 3.70. The molecule has 1 atom stereocenters. The smallest absolute Gasteiger partial charge is 0.156 e. The SMILES string of the molecule is CC(C)C(O)COc1c(Cl)cc(Cl)cc1Cl. The Morgan fingerprint density at radius 2 is 1.69 bits per heavy atom. The highest BCUT2D eigenvalue weighted by atomic mass is 35.5. The fourth-order valence-electron chi connectivity index (χ4n) is 1.03. The normalized spacial score (nSPS) is 12.9. The fourth-order valence-corrected chi connectivity index (χ4v) is 1.95. The molecule has 1 N–H and O–H groups in total. The van der Waals surface area contributed by atoms with Crippen LogP contribution in [0.25, 0.3) is 0 Å². The molecule has 0 aromatic heterocycles. The molecule has 0 saturated carbocycles. The summed E-state index contributed by atoms with van der Waals surface area (Å²) in [6, 6.07) is 3.10. The Balaban J connectivity index is 2.74. The summed E-state index contributed by atoms with van der Waals surface area (Å²) in [5.41, 5.74) is 0. The molecule has 1 aromatic carbocycles. The van der Waals surface area contributed by atoms with Crippen LogP contribution in [0.15, 0.2) is 12.1 Å². The van der Waals surface area contributed by atoms with Crippen LogP contribution in [0, 0.1) is 5.92 Å². The van der Waals surface area contributed by atoms with E-state index in [0.29, 0.717) is 20.8 Å². The largest absolute Gasteiger partial charge is 0.488 e. The number of benzene rings is 1. The first-order valence-corrected chi connectivity index (χ1v) is 6.00. The lowest BCUT2D eigenvalue weighted by atomic mass is 10.1. The summed E-state index contributed by atoms with van der Waals surface area (Å²) in [6.07, 6.45) is -0.553. The van der Waals surface area contributed by atoms with Gasteiger partial charge < -0.3 is 9.84 Å². The van der Waals surface area contributed by atoms with E-state index in [9.17, 15) is 5.11 Å². The molecule has 90 valence electrons. The molecule has 0 aliphatic heterocycles. The van der Waals surface area contributed by atoms with Crippen molar-refractivity contribution >= 4 is 34.8 Å². The Morgan fingerprint density at radius 3 is 2.12 bits per heavy atom. The molecular formula is C11H13Cl3O2. The molecule has 1 aromatic rings. The Morgan fingerprint density at radius 1 is 1.19 bits per heavy atom. The van der Waals surface area contributed by atoms with Crippen molar-refractivity contribution in [3.63, 3.8) is 0 Å². The van der Waals surface area contributed by atoms with Crippen molar-refractivity contribution < 1.29 is 9.84 Å². The number of hydrogen-bond acceptors (Lipinski definition) is 2. The molecule has 1 unspecified atom stereocenters. The molecule has 0 spiro atoms. The molecule has 0 amide bonds. The van der Waals surface area contributed by atoms with Gasteiger partial charge in [-0.2, -0.15) is 0 Å².